The number of carbonyl (C=O) groups is 1. The van der Waals surface area contributed by atoms with Crippen LogP contribution in [0.1, 0.15) is 49.3 Å². The molecule has 0 spiro atoms. The van der Waals surface area contributed by atoms with Crippen LogP contribution in [0, 0.1) is 5.92 Å². The Hall–Kier alpha value is -2.77. The van der Waals surface area contributed by atoms with E-state index < -0.39 is 5.60 Å². The van der Waals surface area contributed by atoms with Crippen LogP contribution in [0.15, 0.2) is 42.5 Å². The molecule has 34 heavy (non-hydrogen) atoms. The molecule has 0 radical (unpaired) electrons. The van der Waals surface area contributed by atoms with Gasteiger partial charge in [-0.25, -0.2) is 0 Å². The van der Waals surface area contributed by atoms with Gasteiger partial charge < -0.3 is 24.6 Å². The van der Waals surface area contributed by atoms with Gasteiger partial charge in [0.25, 0.3) is 0 Å². The van der Waals surface area contributed by atoms with Crippen molar-refractivity contribution in [1.82, 2.24) is 10.2 Å². The topological polar surface area (TPSA) is 80.3 Å². The molecule has 2 aromatic rings. The minimum absolute atomic E-state index is 0.0254. The van der Waals surface area contributed by atoms with E-state index in [0.717, 1.165) is 36.8 Å². The number of likely N-dealkylation sites (tertiary alicyclic amines) is 1. The molecule has 0 aromatic heterocycles. The first kappa shape index (κ1) is 24.4. The van der Waals surface area contributed by atoms with Crippen LogP contribution in [0.25, 0.3) is 0 Å². The summed E-state index contributed by atoms with van der Waals surface area (Å²) in [4.78, 5) is 15.2. The van der Waals surface area contributed by atoms with Crippen molar-refractivity contribution in [1.29, 1.82) is 0 Å². The van der Waals surface area contributed by atoms with E-state index in [9.17, 15) is 9.90 Å². The van der Waals surface area contributed by atoms with Gasteiger partial charge in [0.15, 0.2) is 11.5 Å². The van der Waals surface area contributed by atoms with Crippen LogP contribution in [-0.4, -0.2) is 55.9 Å². The van der Waals surface area contributed by atoms with Gasteiger partial charge in [-0.05, 0) is 42.5 Å². The average molecular weight is 469 g/mol. The Morgan fingerprint density at radius 1 is 1.06 bits per heavy atom. The molecule has 4 rings (SSSR count). The Bertz CT molecular complexity index is 957. The highest BCUT2D eigenvalue weighted by Crippen LogP contribution is 2.51. The van der Waals surface area contributed by atoms with E-state index in [2.05, 4.69) is 10.2 Å². The van der Waals surface area contributed by atoms with E-state index in [1.54, 1.807) is 21.3 Å². The lowest BCUT2D eigenvalue weighted by Gasteiger charge is -2.52. The molecule has 184 valence electrons. The molecule has 0 bridgehead atoms. The predicted octanol–water partition coefficient (Wildman–Crippen LogP) is 3.70. The number of fused-ring (bicyclic) bond motifs is 1. The Kier molecular flexibility index (Phi) is 7.63. The van der Waals surface area contributed by atoms with Gasteiger partial charge in [0.05, 0.1) is 33.5 Å². The van der Waals surface area contributed by atoms with Crippen LogP contribution in [0.3, 0.4) is 0 Å². The first-order valence-corrected chi connectivity index (χ1v) is 12.1. The molecule has 2 aromatic carbocycles. The minimum atomic E-state index is -0.722. The Labute approximate surface area is 202 Å². The molecule has 2 N–H and O–H groups in total. The smallest absolute Gasteiger partial charge is 0.234 e. The van der Waals surface area contributed by atoms with Crippen LogP contribution in [0.4, 0.5) is 0 Å². The zero-order valence-corrected chi connectivity index (χ0v) is 20.4. The monoisotopic (exact) mass is 468 g/mol. The molecular formula is C27H36N2O5. The third-order valence-electron chi connectivity index (χ3n) is 7.38. The van der Waals surface area contributed by atoms with Crippen molar-refractivity contribution in [3.8, 4) is 17.2 Å². The zero-order chi connectivity index (χ0) is 24.1. The molecule has 3 atom stereocenters. The number of amides is 1. The van der Waals surface area contributed by atoms with Gasteiger partial charge in [-0.2, -0.15) is 0 Å². The van der Waals surface area contributed by atoms with Gasteiger partial charge in [0, 0.05) is 25.0 Å². The van der Waals surface area contributed by atoms with E-state index in [-0.39, 0.29) is 24.4 Å². The number of benzene rings is 2. The molecule has 7 nitrogen and oxygen atoms in total. The average Bonchev–Trinajstić information content (AvgIpc) is 2.87. The fourth-order valence-corrected chi connectivity index (χ4v) is 5.67. The number of carbonyl (C=O) groups excluding carboxylic acids is 1. The summed E-state index contributed by atoms with van der Waals surface area (Å²) < 4.78 is 16.7. The lowest BCUT2D eigenvalue weighted by molar-refractivity contribution is -0.138. The van der Waals surface area contributed by atoms with Crippen molar-refractivity contribution < 1.29 is 24.1 Å². The number of nitrogens with zero attached hydrogens (tertiary/aromatic N) is 1. The third kappa shape index (κ3) is 5.00. The first-order valence-electron chi connectivity index (χ1n) is 12.1. The van der Waals surface area contributed by atoms with E-state index in [1.807, 2.05) is 42.5 Å². The number of methoxy groups -OCH3 is 3. The van der Waals surface area contributed by atoms with Gasteiger partial charge >= 0.3 is 0 Å². The van der Waals surface area contributed by atoms with Crippen LogP contribution in [-0.2, 0) is 11.3 Å². The Morgan fingerprint density at radius 2 is 1.76 bits per heavy atom. The maximum absolute atomic E-state index is 13.0. The lowest BCUT2D eigenvalue weighted by atomic mass is 9.66. The molecule has 2 aliphatic rings. The van der Waals surface area contributed by atoms with Crippen molar-refractivity contribution in [2.45, 2.75) is 50.3 Å². The normalized spacial score (nSPS) is 24.7. The van der Waals surface area contributed by atoms with Gasteiger partial charge in [0.1, 0.15) is 0 Å². The number of piperidine rings is 1. The number of ether oxygens (including phenoxy) is 3. The molecule has 1 aliphatic carbocycles. The van der Waals surface area contributed by atoms with E-state index in [0.29, 0.717) is 36.8 Å². The number of hydrogen-bond acceptors (Lipinski definition) is 6. The second-order valence-electron chi connectivity index (χ2n) is 9.34. The molecule has 2 fully saturated rings. The van der Waals surface area contributed by atoms with E-state index in [4.69, 9.17) is 14.2 Å². The Morgan fingerprint density at radius 3 is 2.41 bits per heavy atom. The fraction of sp³-hybridized carbons (Fsp3) is 0.519. The van der Waals surface area contributed by atoms with Crippen molar-refractivity contribution in [2.24, 2.45) is 5.92 Å². The quantitative estimate of drug-likeness (QED) is 0.615. The van der Waals surface area contributed by atoms with Gasteiger partial charge in [-0.3, -0.25) is 9.69 Å². The summed E-state index contributed by atoms with van der Waals surface area (Å²) in [5.74, 6) is 1.70. The molecule has 1 aliphatic heterocycles. The van der Waals surface area contributed by atoms with Crippen molar-refractivity contribution in [2.75, 3.05) is 34.4 Å². The highest BCUT2D eigenvalue weighted by Gasteiger charge is 2.49. The number of aliphatic hydroxyl groups is 1. The van der Waals surface area contributed by atoms with E-state index in [1.165, 1.54) is 0 Å². The fourth-order valence-electron chi connectivity index (χ4n) is 5.67. The maximum atomic E-state index is 13.0. The van der Waals surface area contributed by atoms with Crippen LogP contribution in [0.5, 0.6) is 17.2 Å². The van der Waals surface area contributed by atoms with Crippen LogP contribution < -0.4 is 19.5 Å². The van der Waals surface area contributed by atoms with Gasteiger partial charge in [-0.15, -0.1) is 0 Å². The molecule has 7 heteroatoms. The molecule has 1 heterocycles. The van der Waals surface area contributed by atoms with Crippen molar-refractivity contribution >= 4 is 5.91 Å². The standard InChI is InChI=1S/C27H36N2O5/c1-32-22-15-20(16-23(33-2)26(22)34-3)25-21-11-7-8-12-27(21,31)13-14-29(25)18-24(30)28-17-19-9-5-4-6-10-19/h4-6,9-10,15-16,21,25,31H,7-8,11-14,17-18H2,1-3H3,(H,28,30)/t21-,25+,27+/m0/s1. The first-order chi connectivity index (χ1) is 16.5. The maximum Gasteiger partial charge on any atom is 0.234 e. The number of rotatable bonds is 8. The molecule has 0 unspecified atom stereocenters. The molecule has 1 saturated heterocycles. The highest BCUT2D eigenvalue weighted by molar-refractivity contribution is 5.78. The molecule has 1 saturated carbocycles. The number of hydrogen-bond donors (Lipinski definition) is 2. The minimum Gasteiger partial charge on any atom is -0.493 e. The third-order valence-corrected chi connectivity index (χ3v) is 7.38. The highest BCUT2D eigenvalue weighted by atomic mass is 16.5. The summed E-state index contributed by atoms with van der Waals surface area (Å²) >= 11 is 0. The summed E-state index contributed by atoms with van der Waals surface area (Å²) in [6.07, 6.45) is 4.49. The number of nitrogens with one attached hydrogen (secondary N) is 1. The zero-order valence-electron chi connectivity index (χ0n) is 20.4. The van der Waals surface area contributed by atoms with Crippen molar-refractivity contribution in [3.05, 3.63) is 53.6 Å². The largest absolute Gasteiger partial charge is 0.493 e. The summed E-state index contributed by atoms with van der Waals surface area (Å²) in [6, 6.07) is 13.7. The SMILES string of the molecule is COc1cc([C@@H]2[C@@H]3CCCC[C@@]3(O)CCN2CC(=O)NCc2ccccc2)cc(OC)c1OC. The van der Waals surface area contributed by atoms with Gasteiger partial charge in [0.2, 0.25) is 11.7 Å². The molecular weight excluding hydrogens is 432 g/mol. The second-order valence-corrected chi connectivity index (χ2v) is 9.34. The van der Waals surface area contributed by atoms with Crippen LogP contribution >= 0.6 is 0 Å². The summed E-state index contributed by atoms with van der Waals surface area (Å²) in [7, 11) is 4.80. The van der Waals surface area contributed by atoms with Gasteiger partial charge in [-0.1, -0.05) is 43.2 Å². The predicted molar refractivity (Wildman–Crippen MR) is 130 cm³/mol. The Balaban J connectivity index is 1.62. The summed E-state index contributed by atoms with van der Waals surface area (Å²) in [5.41, 5.74) is 1.31. The lowest BCUT2D eigenvalue weighted by Crippen LogP contribution is -2.56. The summed E-state index contributed by atoms with van der Waals surface area (Å²) in [6.45, 7) is 1.41. The van der Waals surface area contributed by atoms with E-state index >= 15 is 0 Å². The van der Waals surface area contributed by atoms with Crippen molar-refractivity contribution in [3.63, 3.8) is 0 Å². The second kappa shape index (κ2) is 10.7. The summed E-state index contributed by atoms with van der Waals surface area (Å²) in [5, 5.41) is 14.6. The molecule has 1 amide bonds. The van der Waals surface area contributed by atoms with Crippen LogP contribution in [0.2, 0.25) is 0 Å².